The molecule has 0 radical (unpaired) electrons. The molecule has 6 heteroatoms. The van der Waals surface area contributed by atoms with Gasteiger partial charge in [-0.15, -0.1) is 0 Å². The number of furan rings is 1. The smallest absolute Gasteiger partial charge is 0.338 e. The highest BCUT2D eigenvalue weighted by Crippen LogP contribution is 2.20. The Morgan fingerprint density at radius 1 is 1.08 bits per heavy atom. The standard InChI is InChI=1S/C18H16O5S/c1-24(20,21)12-13-5-4-7-15(9-13)18(19)22-11-16-10-14-6-2-3-8-17(14)23-16/h2-10H,11-12H2,1H3. The van der Waals surface area contributed by atoms with E-state index in [1.165, 1.54) is 6.07 Å². The van der Waals surface area contributed by atoms with Gasteiger partial charge in [0.1, 0.15) is 18.0 Å². The van der Waals surface area contributed by atoms with Gasteiger partial charge in [0.15, 0.2) is 9.84 Å². The van der Waals surface area contributed by atoms with Crippen molar-refractivity contribution >= 4 is 26.8 Å². The van der Waals surface area contributed by atoms with Gasteiger partial charge in [0, 0.05) is 11.6 Å². The van der Waals surface area contributed by atoms with E-state index in [4.69, 9.17) is 9.15 Å². The fourth-order valence-corrected chi connectivity index (χ4v) is 3.20. The Labute approximate surface area is 139 Å². The summed E-state index contributed by atoms with van der Waals surface area (Å²) in [4.78, 5) is 12.1. The molecule has 0 aliphatic heterocycles. The molecule has 3 aromatic rings. The van der Waals surface area contributed by atoms with Crippen molar-refractivity contribution in [3.63, 3.8) is 0 Å². The number of para-hydroxylation sites is 1. The Balaban J connectivity index is 1.69. The second kappa shape index (κ2) is 6.49. The summed E-state index contributed by atoms with van der Waals surface area (Å²) in [5.41, 5.74) is 1.60. The van der Waals surface area contributed by atoms with Crippen LogP contribution in [0.4, 0.5) is 0 Å². The second-order valence-corrected chi connectivity index (χ2v) is 7.74. The lowest BCUT2D eigenvalue weighted by atomic mass is 10.1. The monoisotopic (exact) mass is 344 g/mol. The second-order valence-electron chi connectivity index (χ2n) is 5.60. The van der Waals surface area contributed by atoms with Crippen LogP contribution in [0.15, 0.2) is 59.0 Å². The predicted molar refractivity (Wildman–Crippen MR) is 90.3 cm³/mol. The molecule has 1 heterocycles. The van der Waals surface area contributed by atoms with E-state index in [-0.39, 0.29) is 12.4 Å². The third kappa shape index (κ3) is 4.02. The van der Waals surface area contributed by atoms with E-state index in [0.29, 0.717) is 16.9 Å². The molecule has 0 saturated heterocycles. The van der Waals surface area contributed by atoms with E-state index in [2.05, 4.69) is 0 Å². The molecule has 0 spiro atoms. The van der Waals surface area contributed by atoms with Crippen molar-refractivity contribution in [2.24, 2.45) is 0 Å². The minimum Gasteiger partial charge on any atom is -0.457 e. The minimum atomic E-state index is -3.16. The van der Waals surface area contributed by atoms with Gasteiger partial charge < -0.3 is 9.15 Å². The van der Waals surface area contributed by atoms with E-state index in [0.717, 1.165) is 17.2 Å². The summed E-state index contributed by atoms with van der Waals surface area (Å²) >= 11 is 0. The zero-order chi connectivity index (χ0) is 17.2. The van der Waals surface area contributed by atoms with Gasteiger partial charge in [0.25, 0.3) is 0 Å². The average molecular weight is 344 g/mol. The Bertz CT molecular complexity index is 952. The van der Waals surface area contributed by atoms with E-state index in [9.17, 15) is 13.2 Å². The third-order valence-electron chi connectivity index (χ3n) is 3.41. The van der Waals surface area contributed by atoms with Gasteiger partial charge in [-0.25, -0.2) is 13.2 Å². The molecule has 0 aliphatic carbocycles. The lowest BCUT2D eigenvalue weighted by Gasteiger charge is -2.05. The molecule has 1 aromatic heterocycles. The van der Waals surface area contributed by atoms with Gasteiger partial charge in [-0.1, -0.05) is 30.3 Å². The number of sulfone groups is 1. The van der Waals surface area contributed by atoms with Gasteiger partial charge in [-0.2, -0.15) is 0 Å². The van der Waals surface area contributed by atoms with E-state index in [1.54, 1.807) is 18.2 Å². The first kappa shape index (κ1) is 16.3. The van der Waals surface area contributed by atoms with E-state index >= 15 is 0 Å². The molecule has 124 valence electrons. The highest BCUT2D eigenvalue weighted by atomic mass is 32.2. The molecular weight excluding hydrogens is 328 g/mol. The molecule has 0 atom stereocenters. The lowest BCUT2D eigenvalue weighted by Crippen LogP contribution is -2.07. The first-order valence-electron chi connectivity index (χ1n) is 7.32. The lowest BCUT2D eigenvalue weighted by molar-refractivity contribution is 0.0447. The number of fused-ring (bicyclic) bond motifs is 1. The summed E-state index contributed by atoms with van der Waals surface area (Å²) in [7, 11) is -3.16. The van der Waals surface area contributed by atoms with Crippen molar-refractivity contribution < 1.29 is 22.4 Å². The molecule has 24 heavy (non-hydrogen) atoms. The fourth-order valence-electron chi connectivity index (χ4n) is 2.42. The van der Waals surface area contributed by atoms with Crippen molar-refractivity contribution in [1.29, 1.82) is 0 Å². The molecule has 0 N–H and O–H groups in total. The molecule has 3 rings (SSSR count). The van der Waals surface area contributed by atoms with Crippen molar-refractivity contribution in [3.05, 3.63) is 71.5 Å². The maximum Gasteiger partial charge on any atom is 0.338 e. The molecule has 0 unspecified atom stereocenters. The summed E-state index contributed by atoms with van der Waals surface area (Å²) < 4.78 is 33.5. The first-order valence-corrected chi connectivity index (χ1v) is 9.38. The molecule has 2 aromatic carbocycles. The Hall–Kier alpha value is -2.60. The van der Waals surface area contributed by atoms with Crippen LogP contribution in [0.25, 0.3) is 11.0 Å². The highest BCUT2D eigenvalue weighted by molar-refractivity contribution is 7.89. The number of hydrogen-bond donors (Lipinski definition) is 0. The summed E-state index contributed by atoms with van der Waals surface area (Å²) in [5.74, 6) is -0.0832. The van der Waals surface area contributed by atoms with Crippen LogP contribution in [-0.2, 0) is 26.9 Å². The number of esters is 1. The fraction of sp³-hybridized carbons (Fsp3) is 0.167. The summed E-state index contributed by atoms with van der Waals surface area (Å²) in [6.45, 7) is 0.0177. The predicted octanol–water partition coefficient (Wildman–Crippen LogP) is 3.33. The number of benzene rings is 2. The van der Waals surface area contributed by atoms with E-state index in [1.807, 2.05) is 30.3 Å². The van der Waals surface area contributed by atoms with Gasteiger partial charge >= 0.3 is 5.97 Å². The quantitative estimate of drug-likeness (QED) is 0.664. The Morgan fingerprint density at radius 2 is 1.88 bits per heavy atom. The van der Waals surface area contributed by atoms with Crippen molar-refractivity contribution in [3.8, 4) is 0 Å². The van der Waals surface area contributed by atoms with Crippen LogP contribution in [0.3, 0.4) is 0 Å². The van der Waals surface area contributed by atoms with Gasteiger partial charge in [-0.05, 0) is 29.8 Å². The highest BCUT2D eigenvalue weighted by Gasteiger charge is 2.12. The van der Waals surface area contributed by atoms with Crippen molar-refractivity contribution in [2.75, 3.05) is 6.26 Å². The van der Waals surface area contributed by atoms with Gasteiger partial charge in [0.2, 0.25) is 0 Å². The minimum absolute atomic E-state index is 0.0177. The molecule has 0 aliphatic rings. The Kier molecular flexibility index (Phi) is 4.40. The van der Waals surface area contributed by atoms with Gasteiger partial charge in [0.05, 0.1) is 11.3 Å². The normalized spacial score (nSPS) is 11.5. The molecular formula is C18H16O5S. The van der Waals surface area contributed by atoms with Gasteiger partial charge in [-0.3, -0.25) is 0 Å². The summed E-state index contributed by atoms with van der Waals surface area (Å²) in [5, 5.41) is 0.943. The van der Waals surface area contributed by atoms with Crippen molar-refractivity contribution in [1.82, 2.24) is 0 Å². The van der Waals surface area contributed by atoms with Crippen LogP contribution < -0.4 is 0 Å². The molecule has 5 nitrogen and oxygen atoms in total. The first-order chi connectivity index (χ1) is 11.4. The summed E-state index contributed by atoms with van der Waals surface area (Å²) in [6.07, 6.45) is 1.15. The van der Waals surface area contributed by atoms with E-state index < -0.39 is 15.8 Å². The SMILES string of the molecule is CS(=O)(=O)Cc1cccc(C(=O)OCc2cc3ccccc3o2)c1. The van der Waals surface area contributed by atoms with Crippen molar-refractivity contribution in [2.45, 2.75) is 12.4 Å². The van der Waals surface area contributed by atoms with Crippen LogP contribution >= 0.6 is 0 Å². The number of hydrogen-bond acceptors (Lipinski definition) is 5. The van der Waals surface area contributed by atoms with Crippen LogP contribution in [-0.4, -0.2) is 20.6 Å². The topological polar surface area (TPSA) is 73.6 Å². The maximum absolute atomic E-state index is 12.1. The number of ether oxygens (including phenoxy) is 1. The molecule has 0 amide bonds. The average Bonchev–Trinajstić information content (AvgIpc) is 2.94. The maximum atomic E-state index is 12.1. The zero-order valence-electron chi connectivity index (χ0n) is 13.1. The number of carbonyl (C=O) groups excluding carboxylic acids is 1. The number of carbonyl (C=O) groups is 1. The molecule has 0 saturated carbocycles. The summed E-state index contributed by atoms with van der Waals surface area (Å²) in [6, 6.07) is 15.8. The van der Waals surface area contributed by atoms with Crippen LogP contribution in [0.2, 0.25) is 0 Å². The largest absolute Gasteiger partial charge is 0.457 e. The van der Waals surface area contributed by atoms with Crippen LogP contribution in [0.5, 0.6) is 0 Å². The number of rotatable bonds is 5. The zero-order valence-corrected chi connectivity index (χ0v) is 13.9. The molecule has 0 fully saturated rings. The third-order valence-corrected chi connectivity index (χ3v) is 4.27. The van der Waals surface area contributed by atoms with Crippen LogP contribution in [0, 0.1) is 0 Å². The Morgan fingerprint density at radius 3 is 2.62 bits per heavy atom. The van der Waals surface area contributed by atoms with Crippen LogP contribution in [0.1, 0.15) is 21.7 Å². The molecule has 0 bridgehead atoms.